The van der Waals surface area contributed by atoms with E-state index in [1.165, 1.54) is 0 Å². The molecule has 2 aromatic carbocycles. The molecule has 0 heterocycles. The second kappa shape index (κ2) is 8.77. The maximum atomic E-state index is 12.3. The van der Waals surface area contributed by atoms with E-state index in [1.807, 2.05) is 61.5 Å². The van der Waals surface area contributed by atoms with Gasteiger partial charge < -0.3 is 9.84 Å². The fourth-order valence-electron chi connectivity index (χ4n) is 2.11. The summed E-state index contributed by atoms with van der Waals surface area (Å²) in [5.74, 6) is 0. The molecule has 0 saturated carbocycles. The molecule has 1 unspecified atom stereocenters. The van der Waals surface area contributed by atoms with Gasteiger partial charge in [0.1, 0.15) is 0 Å². The smallest absolute Gasteiger partial charge is 0.0819 e. The highest BCUT2D eigenvalue weighted by Crippen LogP contribution is 2.18. The van der Waals surface area contributed by atoms with E-state index < -0.39 is 16.9 Å². The van der Waals surface area contributed by atoms with Crippen molar-refractivity contribution in [3.05, 3.63) is 77.2 Å². The van der Waals surface area contributed by atoms with Crippen LogP contribution >= 0.6 is 0 Å². The fraction of sp³-hybridized carbons (Fsp3) is 0.263. The molecular formula is C19H22O3S. The minimum absolute atomic E-state index is 0.193. The van der Waals surface area contributed by atoms with Gasteiger partial charge >= 0.3 is 0 Å². The first-order valence-corrected chi connectivity index (χ1v) is 8.67. The molecule has 0 bridgehead atoms. The van der Waals surface area contributed by atoms with Crippen LogP contribution in [-0.2, 0) is 22.1 Å². The van der Waals surface area contributed by atoms with Gasteiger partial charge in [-0.3, -0.25) is 0 Å². The largest absolute Gasteiger partial charge is 0.390 e. The first kappa shape index (κ1) is 17.6. The Morgan fingerprint density at radius 2 is 1.83 bits per heavy atom. The third-order valence-electron chi connectivity index (χ3n) is 3.38. The zero-order valence-corrected chi connectivity index (χ0v) is 14.1. The molecule has 2 aromatic rings. The number of benzene rings is 2. The Morgan fingerprint density at radius 3 is 2.48 bits per heavy atom. The maximum absolute atomic E-state index is 12.3. The van der Waals surface area contributed by atoms with Crippen LogP contribution in [0.1, 0.15) is 17.5 Å². The minimum atomic E-state index is -1.31. The first-order valence-electron chi connectivity index (χ1n) is 7.52. The number of hydrogen-bond donors (Lipinski definition) is 1. The fourth-order valence-corrected chi connectivity index (χ4v) is 3.17. The van der Waals surface area contributed by atoms with E-state index in [4.69, 9.17) is 4.74 Å². The number of rotatable bonds is 8. The average Bonchev–Trinajstić information content (AvgIpc) is 2.56. The van der Waals surface area contributed by atoms with Gasteiger partial charge in [0, 0.05) is 16.2 Å². The number of aliphatic hydroxyl groups excluding tert-OH is 1. The second-order valence-electron chi connectivity index (χ2n) is 5.48. The Hall–Kier alpha value is -1.75. The third-order valence-corrected chi connectivity index (χ3v) is 4.77. The van der Waals surface area contributed by atoms with Gasteiger partial charge in [0.25, 0.3) is 0 Å². The summed E-state index contributed by atoms with van der Waals surface area (Å²) >= 11 is 0. The Bertz CT molecular complexity index is 650. The molecule has 0 aliphatic heterocycles. The van der Waals surface area contributed by atoms with Crippen molar-refractivity contribution >= 4 is 10.8 Å². The van der Waals surface area contributed by atoms with Crippen molar-refractivity contribution in [1.82, 2.24) is 0 Å². The van der Waals surface area contributed by atoms with E-state index in [1.54, 1.807) is 0 Å². The predicted octanol–water partition coefficient (Wildman–Crippen LogP) is 3.58. The van der Waals surface area contributed by atoms with Gasteiger partial charge in [-0.25, -0.2) is 4.21 Å². The van der Waals surface area contributed by atoms with Crippen LogP contribution in [-0.4, -0.2) is 22.0 Å². The summed E-state index contributed by atoms with van der Waals surface area (Å²) in [5.41, 5.74) is 2.17. The molecule has 0 saturated heterocycles. The lowest BCUT2D eigenvalue weighted by molar-refractivity contribution is 0.0297. The van der Waals surface area contributed by atoms with Crippen LogP contribution in [0.25, 0.3) is 0 Å². The van der Waals surface area contributed by atoms with Crippen LogP contribution in [0.5, 0.6) is 0 Å². The molecule has 0 radical (unpaired) electrons. The second-order valence-corrected chi connectivity index (χ2v) is 7.07. The Kier molecular flexibility index (Phi) is 6.71. The number of ether oxygens (including phenoxy) is 1. The number of aryl methyl sites for hydroxylation is 1. The molecule has 0 aliphatic rings. The van der Waals surface area contributed by atoms with Gasteiger partial charge in [-0.15, -0.1) is 0 Å². The van der Waals surface area contributed by atoms with Crippen LogP contribution < -0.4 is 0 Å². The highest BCUT2D eigenvalue weighted by molar-refractivity contribution is 7.89. The summed E-state index contributed by atoms with van der Waals surface area (Å²) in [7, 11) is -1.31. The highest BCUT2D eigenvalue weighted by atomic mass is 32.2. The zero-order chi connectivity index (χ0) is 16.7. The summed E-state index contributed by atoms with van der Waals surface area (Å²) in [6, 6.07) is 17.3. The topological polar surface area (TPSA) is 46.5 Å². The molecule has 0 amide bonds. The average molecular weight is 330 g/mol. The number of aliphatic hydroxyl groups is 1. The summed E-state index contributed by atoms with van der Waals surface area (Å²) < 4.78 is 17.8. The predicted molar refractivity (Wildman–Crippen MR) is 93.4 cm³/mol. The van der Waals surface area contributed by atoms with Crippen molar-refractivity contribution in [1.29, 1.82) is 0 Å². The van der Waals surface area contributed by atoms with E-state index in [-0.39, 0.29) is 13.0 Å². The van der Waals surface area contributed by atoms with Gasteiger partial charge in [-0.05, 0) is 24.6 Å². The SMILES string of the molecule is C=C(C[C@@H](O)COCc1ccccc1)S(=O)c1ccc(C)cc1. The van der Waals surface area contributed by atoms with Crippen molar-refractivity contribution in [2.24, 2.45) is 0 Å². The van der Waals surface area contributed by atoms with Crippen molar-refractivity contribution in [2.75, 3.05) is 6.61 Å². The summed E-state index contributed by atoms with van der Waals surface area (Å²) in [5, 5.41) is 10.0. The lowest BCUT2D eigenvalue weighted by Gasteiger charge is -2.13. The van der Waals surface area contributed by atoms with Crippen LogP contribution in [0.4, 0.5) is 0 Å². The quantitative estimate of drug-likeness (QED) is 0.805. The van der Waals surface area contributed by atoms with Gasteiger partial charge in [0.05, 0.1) is 30.1 Å². The zero-order valence-electron chi connectivity index (χ0n) is 13.3. The Labute approximate surface area is 140 Å². The lowest BCUT2D eigenvalue weighted by Crippen LogP contribution is -2.17. The molecule has 2 rings (SSSR count). The van der Waals surface area contributed by atoms with E-state index in [9.17, 15) is 9.32 Å². The van der Waals surface area contributed by atoms with Gasteiger partial charge in [-0.2, -0.15) is 0 Å². The third kappa shape index (κ3) is 5.75. The van der Waals surface area contributed by atoms with Gasteiger partial charge in [-0.1, -0.05) is 54.6 Å². The van der Waals surface area contributed by atoms with E-state index in [0.717, 1.165) is 11.1 Å². The molecule has 0 fully saturated rings. The lowest BCUT2D eigenvalue weighted by atomic mass is 10.2. The summed E-state index contributed by atoms with van der Waals surface area (Å²) in [4.78, 5) is 1.21. The first-order chi connectivity index (χ1) is 11.1. The number of hydrogen-bond acceptors (Lipinski definition) is 3. The molecule has 0 aliphatic carbocycles. The van der Waals surface area contributed by atoms with Crippen LogP contribution in [0.3, 0.4) is 0 Å². The Balaban J connectivity index is 1.77. The summed E-state index contributed by atoms with van der Waals surface area (Å²) in [6.07, 6.45) is -0.449. The van der Waals surface area contributed by atoms with Crippen LogP contribution in [0, 0.1) is 6.92 Å². The normalized spacial score (nSPS) is 13.5. The highest BCUT2D eigenvalue weighted by Gasteiger charge is 2.13. The Morgan fingerprint density at radius 1 is 1.17 bits per heavy atom. The van der Waals surface area contributed by atoms with E-state index in [0.29, 0.717) is 16.4 Å². The van der Waals surface area contributed by atoms with Crippen molar-refractivity contribution in [2.45, 2.75) is 31.0 Å². The molecule has 3 nitrogen and oxygen atoms in total. The van der Waals surface area contributed by atoms with Crippen molar-refractivity contribution < 1.29 is 14.1 Å². The van der Waals surface area contributed by atoms with E-state index in [2.05, 4.69) is 6.58 Å². The molecule has 0 aromatic heterocycles. The van der Waals surface area contributed by atoms with Gasteiger partial charge in [0.15, 0.2) is 0 Å². The molecular weight excluding hydrogens is 308 g/mol. The molecule has 2 atom stereocenters. The van der Waals surface area contributed by atoms with Gasteiger partial charge in [0.2, 0.25) is 0 Å². The standard InChI is InChI=1S/C19H22O3S/c1-15-8-10-19(11-9-15)23(21)16(2)12-18(20)14-22-13-17-6-4-3-5-7-17/h3-11,18,20H,2,12-14H2,1H3/t18-,23?/m1/s1. The monoisotopic (exact) mass is 330 g/mol. The van der Waals surface area contributed by atoms with Crippen LogP contribution in [0.15, 0.2) is 71.0 Å². The molecule has 122 valence electrons. The van der Waals surface area contributed by atoms with Crippen LogP contribution in [0.2, 0.25) is 0 Å². The molecule has 0 spiro atoms. The van der Waals surface area contributed by atoms with E-state index >= 15 is 0 Å². The molecule has 1 N–H and O–H groups in total. The van der Waals surface area contributed by atoms with Crippen molar-refractivity contribution in [3.8, 4) is 0 Å². The molecule has 23 heavy (non-hydrogen) atoms. The van der Waals surface area contributed by atoms with Crippen molar-refractivity contribution in [3.63, 3.8) is 0 Å². The molecule has 4 heteroatoms. The minimum Gasteiger partial charge on any atom is -0.390 e. The maximum Gasteiger partial charge on any atom is 0.0819 e. The summed E-state index contributed by atoms with van der Waals surface area (Å²) in [6.45, 7) is 6.47.